The summed E-state index contributed by atoms with van der Waals surface area (Å²) in [5.74, 6) is -0.347. The maximum absolute atomic E-state index is 11.8. The van der Waals surface area contributed by atoms with Crippen LogP contribution in [0.15, 0.2) is 30.3 Å². The molecule has 0 unspecified atom stereocenters. The van der Waals surface area contributed by atoms with E-state index in [4.69, 9.17) is 0 Å². The molecule has 0 radical (unpaired) electrons. The number of unbranched alkanes of at least 4 members (excludes halogenated alkanes) is 12. The smallest absolute Gasteiger partial charge is 0.230 e. The largest absolute Gasteiger partial charge is 0.296 e. The summed E-state index contributed by atoms with van der Waals surface area (Å²) in [4.78, 5) is 23.6. The SMILES string of the molecule is CCCCCCCCCCCCCCCC(=O)NC(=O)Cc1ccccc1. The molecule has 1 rings (SSSR count). The fourth-order valence-corrected chi connectivity index (χ4v) is 3.35. The zero-order valence-corrected chi connectivity index (χ0v) is 17.3. The van der Waals surface area contributed by atoms with Crippen LogP contribution in [0, 0.1) is 0 Å². The fourth-order valence-electron chi connectivity index (χ4n) is 3.35. The molecule has 0 aromatic heterocycles. The Morgan fingerprint density at radius 2 is 1.15 bits per heavy atom. The second kappa shape index (κ2) is 16.5. The summed E-state index contributed by atoms with van der Waals surface area (Å²) >= 11 is 0. The maximum atomic E-state index is 11.8. The average molecular weight is 374 g/mol. The first-order valence-electron chi connectivity index (χ1n) is 11.1. The molecule has 0 aliphatic rings. The van der Waals surface area contributed by atoms with Crippen LogP contribution in [-0.4, -0.2) is 11.8 Å². The van der Waals surface area contributed by atoms with Crippen molar-refractivity contribution in [1.29, 1.82) is 0 Å². The molecule has 1 aromatic carbocycles. The predicted octanol–water partition coefficient (Wildman–Crippen LogP) is 6.35. The molecule has 0 heterocycles. The number of hydrogen-bond donors (Lipinski definition) is 1. The van der Waals surface area contributed by atoms with E-state index in [0.29, 0.717) is 6.42 Å². The lowest BCUT2D eigenvalue weighted by atomic mass is 10.0. The predicted molar refractivity (Wildman–Crippen MR) is 114 cm³/mol. The minimum atomic E-state index is -0.208. The topological polar surface area (TPSA) is 46.2 Å². The van der Waals surface area contributed by atoms with Gasteiger partial charge in [-0.25, -0.2) is 0 Å². The summed E-state index contributed by atoms with van der Waals surface area (Å²) in [6, 6.07) is 9.52. The first kappa shape index (κ1) is 23.4. The van der Waals surface area contributed by atoms with Crippen molar-refractivity contribution in [1.82, 2.24) is 5.32 Å². The normalized spacial score (nSPS) is 10.7. The molecule has 0 spiro atoms. The molecule has 0 fully saturated rings. The van der Waals surface area contributed by atoms with Crippen molar-refractivity contribution in [2.45, 2.75) is 103 Å². The summed E-state index contributed by atoms with van der Waals surface area (Å²) in [7, 11) is 0. The van der Waals surface area contributed by atoms with Gasteiger partial charge in [-0.15, -0.1) is 0 Å². The monoisotopic (exact) mass is 373 g/mol. The maximum Gasteiger partial charge on any atom is 0.230 e. The summed E-state index contributed by atoms with van der Waals surface area (Å²) in [5.41, 5.74) is 0.934. The molecule has 0 aliphatic heterocycles. The lowest BCUT2D eigenvalue weighted by Gasteiger charge is -2.05. The van der Waals surface area contributed by atoms with Gasteiger partial charge >= 0.3 is 0 Å². The van der Waals surface area contributed by atoms with Crippen molar-refractivity contribution < 1.29 is 9.59 Å². The van der Waals surface area contributed by atoms with Crippen LogP contribution in [-0.2, 0) is 16.0 Å². The van der Waals surface area contributed by atoms with Gasteiger partial charge in [-0.1, -0.05) is 114 Å². The minimum absolute atomic E-state index is 0.140. The van der Waals surface area contributed by atoms with Gasteiger partial charge in [0.05, 0.1) is 6.42 Å². The molecule has 2 amide bonds. The van der Waals surface area contributed by atoms with Gasteiger partial charge in [-0.3, -0.25) is 14.9 Å². The molecule has 0 atom stereocenters. The lowest BCUT2D eigenvalue weighted by molar-refractivity contribution is -0.130. The number of carbonyl (C=O) groups excluding carboxylic acids is 2. The van der Waals surface area contributed by atoms with E-state index in [1.165, 1.54) is 70.6 Å². The number of nitrogens with one attached hydrogen (secondary N) is 1. The van der Waals surface area contributed by atoms with Crippen LogP contribution < -0.4 is 5.32 Å². The molecule has 1 aromatic rings. The van der Waals surface area contributed by atoms with Gasteiger partial charge in [0.1, 0.15) is 0 Å². The summed E-state index contributed by atoms with van der Waals surface area (Å²) in [5, 5.41) is 2.49. The molecule has 0 saturated carbocycles. The molecule has 3 heteroatoms. The van der Waals surface area contributed by atoms with E-state index in [0.717, 1.165) is 18.4 Å². The number of carbonyl (C=O) groups is 2. The molecular weight excluding hydrogens is 334 g/mol. The van der Waals surface area contributed by atoms with E-state index in [9.17, 15) is 9.59 Å². The van der Waals surface area contributed by atoms with E-state index in [-0.39, 0.29) is 18.2 Å². The summed E-state index contributed by atoms with van der Waals surface area (Å²) < 4.78 is 0. The Morgan fingerprint density at radius 1 is 0.667 bits per heavy atom. The zero-order valence-electron chi connectivity index (χ0n) is 17.3. The molecule has 3 nitrogen and oxygen atoms in total. The fraction of sp³-hybridized carbons (Fsp3) is 0.667. The molecule has 27 heavy (non-hydrogen) atoms. The Kier molecular flexibility index (Phi) is 14.3. The van der Waals surface area contributed by atoms with Crippen LogP contribution >= 0.6 is 0 Å². The van der Waals surface area contributed by atoms with Crippen molar-refractivity contribution in [3.8, 4) is 0 Å². The highest BCUT2D eigenvalue weighted by atomic mass is 16.2. The van der Waals surface area contributed by atoms with Gasteiger partial charge in [-0.05, 0) is 12.0 Å². The van der Waals surface area contributed by atoms with Crippen LogP contribution in [0.5, 0.6) is 0 Å². The van der Waals surface area contributed by atoms with Crippen molar-refractivity contribution in [2.24, 2.45) is 0 Å². The van der Waals surface area contributed by atoms with Crippen molar-refractivity contribution >= 4 is 11.8 Å². The molecule has 1 N–H and O–H groups in total. The second-order valence-corrected chi connectivity index (χ2v) is 7.63. The van der Waals surface area contributed by atoms with Gasteiger partial charge in [0.2, 0.25) is 11.8 Å². The second-order valence-electron chi connectivity index (χ2n) is 7.63. The Morgan fingerprint density at radius 3 is 1.67 bits per heavy atom. The third-order valence-corrected chi connectivity index (χ3v) is 4.99. The molecule has 152 valence electrons. The Balaban J connectivity index is 1.87. The van der Waals surface area contributed by atoms with Crippen molar-refractivity contribution in [3.63, 3.8) is 0 Å². The summed E-state index contributed by atoms with van der Waals surface area (Å²) in [6.07, 6.45) is 17.5. The van der Waals surface area contributed by atoms with Crippen molar-refractivity contribution in [2.75, 3.05) is 0 Å². The third-order valence-electron chi connectivity index (χ3n) is 4.99. The quantitative estimate of drug-likeness (QED) is 0.343. The van der Waals surface area contributed by atoms with Crippen molar-refractivity contribution in [3.05, 3.63) is 35.9 Å². The number of hydrogen-bond acceptors (Lipinski definition) is 2. The van der Waals surface area contributed by atoms with E-state index in [2.05, 4.69) is 12.2 Å². The molecule has 0 saturated heterocycles. The Hall–Kier alpha value is -1.64. The van der Waals surface area contributed by atoms with Gasteiger partial charge < -0.3 is 0 Å². The van der Waals surface area contributed by atoms with Gasteiger partial charge in [0, 0.05) is 6.42 Å². The van der Waals surface area contributed by atoms with E-state index < -0.39 is 0 Å². The van der Waals surface area contributed by atoms with Crippen LogP contribution in [0.4, 0.5) is 0 Å². The zero-order chi connectivity index (χ0) is 19.6. The number of imide groups is 1. The van der Waals surface area contributed by atoms with Gasteiger partial charge in [0.25, 0.3) is 0 Å². The average Bonchev–Trinajstić information content (AvgIpc) is 2.66. The molecule has 0 aliphatic carbocycles. The van der Waals surface area contributed by atoms with Gasteiger partial charge in [-0.2, -0.15) is 0 Å². The Bertz CT molecular complexity index is 498. The lowest BCUT2D eigenvalue weighted by Crippen LogP contribution is -2.31. The van der Waals surface area contributed by atoms with Crippen LogP contribution in [0.2, 0.25) is 0 Å². The first-order valence-corrected chi connectivity index (χ1v) is 11.1. The highest BCUT2D eigenvalue weighted by Gasteiger charge is 2.08. The Labute approximate surface area is 166 Å². The first-order chi connectivity index (χ1) is 13.2. The number of amides is 2. The van der Waals surface area contributed by atoms with E-state index in [1.807, 2.05) is 30.3 Å². The highest BCUT2D eigenvalue weighted by molar-refractivity contribution is 5.95. The van der Waals surface area contributed by atoms with Crippen LogP contribution in [0.25, 0.3) is 0 Å². The molecular formula is C24H39NO2. The highest BCUT2D eigenvalue weighted by Crippen LogP contribution is 2.12. The van der Waals surface area contributed by atoms with E-state index in [1.54, 1.807) is 0 Å². The molecule has 0 bridgehead atoms. The third kappa shape index (κ3) is 14.1. The minimum Gasteiger partial charge on any atom is -0.296 e. The van der Waals surface area contributed by atoms with Crippen LogP contribution in [0.3, 0.4) is 0 Å². The van der Waals surface area contributed by atoms with E-state index >= 15 is 0 Å². The van der Waals surface area contributed by atoms with Crippen LogP contribution in [0.1, 0.15) is 102 Å². The summed E-state index contributed by atoms with van der Waals surface area (Å²) in [6.45, 7) is 2.26. The number of benzene rings is 1. The standard InChI is InChI=1S/C24H39NO2/c1-2-3-4-5-6-7-8-9-10-11-12-13-17-20-23(26)25-24(27)21-22-18-15-14-16-19-22/h14-16,18-19H,2-13,17,20-21H2,1H3,(H,25,26,27). The van der Waals surface area contributed by atoms with Gasteiger partial charge in [0.15, 0.2) is 0 Å². The number of rotatable bonds is 16.